The molecule has 0 aliphatic carbocycles. The van der Waals surface area contributed by atoms with Crippen LogP contribution in [0.3, 0.4) is 0 Å². The van der Waals surface area contributed by atoms with E-state index in [9.17, 15) is 9.36 Å². The first-order valence-corrected chi connectivity index (χ1v) is 6.92. The maximum absolute atomic E-state index is 11.8. The minimum Gasteiger partial charge on any atom is -0.468 e. The van der Waals surface area contributed by atoms with Crippen LogP contribution in [0.15, 0.2) is 0 Å². The molecule has 0 aromatic carbocycles. The monoisotopic (exact) mass is 205 g/mol. The van der Waals surface area contributed by atoms with Gasteiger partial charge in [-0.15, -0.1) is 0 Å². The molecule has 1 rings (SSSR count). The number of esters is 1. The van der Waals surface area contributed by atoms with Crippen molar-refractivity contribution in [3.8, 4) is 0 Å². The zero-order valence-corrected chi connectivity index (χ0v) is 9.21. The van der Waals surface area contributed by atoms with Gasteiger partial charge in [0.1, 0.15) is 13.3 Å². The van der Waals surface area contributed by atoms with Crippen molar-refractivity contribution in [2.75, 3.05) is 27.0 Å². The van der Waals surface area contributed by atoms with Gasteiger partial charge in [-0.05, 0) is 12.8 Å². The third kappa shape index (κ3) is 2.32. The minimum atomic E-state index is -2.30. The van der Waals surface area contributed by atoms with Crippen molar-refractivity contribution in [2.24, 2.45) is 0 Å². The molecule has 0 spiro atoms. The first kappa shape index (κ1) is 10.7. The van der Waals surface area contributed by atoms with Gasteiger partial charge < -0.3 is 9.30 Å². The number of methoxy groups -OCH3 is 1. The van der Waals surface area contributed by atoms with Crippen LogP contribution in [0.5, 0.6) is 0 Å². The summed E-state index contributed by atoms with van der Waals surface area (Å²) in [7, 11) is -0.934. The van der Waals surface area contributed by atoms with Crippen LogP contribution in [0.25, 0.3) is 0 Å². The number of nitrogens with zero attached hydrogens (tertiary/aromatic N) is 1. The molecular weight excluding hydrogens is 189 g/mol. The van der Waals surface area contributed by atoms with Gasteiger partial charge in [-0.25, -0.2) is 4.67 Å². The number of rotatable bonds is 2. The summed E-state index contributed by atoms with van der Waals surface area (Å²) in [6.45, 7) is 4.12. The Morgan fingerprint density at radius 2 is 2.15 bits per heavy atom. The predicted molar refractivity (Wildman–Crippen MR) is 51.2 cm³/mol. The first-order chi connectivity index (χ1) is 5.96. The standard InChI is InChI=1S/C8H16NO3P/c1-12-8(10)7-5-4-6-9(7)13(2,3)11/h7H,4-6H2,1-3H3. The lowest BCUT2D eigenvalue weighted by atomic mass is 10.2. The van der Waals surface area contributed by atoms with E-state index in [1.54, 1.807) is 18.0 Å². The molecule has 0 saturated carbocycles. The molecule has 0 amide bonds. The van der Waals surface area contributed by atoms with Gasteiger partial charge in [-0.2, -0.15) is 0 Å². The van der Waals surface area contributed by atoms with Crippen molar-refractivity contribution < 1.29 is 14.1 Å². The highest BCUT2D eigenvalue weighted by molar-refractivity contribution is 7.59. The van der Waals surface area contributed by atoms with E-state index in [4.69, 9.17) is 0 Å². The molecular formula is C8H16NO3P. The van der Waals surface area contributed by atoms with Gasteiger partial charge in [0.15, 0.2) is 0 Å². The third-order valence-electron chi connectivity index (χ3n) is 2.32. The van der Waals surface area contributed by atoms with E-state index >= 15 is 0 Å². The molecule has 13 heavy (non-hydrogen) atoms. The van der Waals surface area contributed by atoms with Gasteiger partial charge in [-0.3, -0.25) is 4.79 Å². The smallest absolute Gasteiger partial charge is 0.323 e. The molecule has 1 aliphatic heterocycles. The van der Waals surface area contributed by atoms with Crippen LogP contribution >= 0.6 is 7.29 Å². The molecule has 0 aromatic rings. The quantitative estimate of drug-likeness (QED) is 0.501. The average Bonchev–Trinajstić information content (AvgIpc) is 2.49. The molecule has 1 aliphatic rings. The second-order valence-corrected chi connectivity index (χ2v) is 6.74. The summed E-state index contributed by atoms with van der Waals surface area (Å²) in [5.74, 6) is -0.263. The second kappa shape index (κ2) is 3.81. The van der Waals surface area contributed by atoms with Gasteiger partial charge in [0.05, 0.1) is 7.11 Å². The van der Waals surface area contributed by atoms with E-state index in [0.717, 1.165) is 19.4 Å². The van der Waals surface area contributed by atoms with Crippen molar-refractivity contribution in [1.29, 1.82) is 0 Å². The number of carbonyl (C=O) groups is 1. The van der Waals surface area contributed by atoms with E-state index in [1.807, 2.05) is 0 Å². The maximum Gasteiger partial charge on any atom is 0.323 e. The molecule has 1 saturated heterocycles. The van der Waals surface area contributed by atoms with Gasteiger partial charge >= 0.3 is 5.97 Å². The fourth-order valence-corrected chi connectivity index (χ4v) is 3.21. The molecule has 0 radical (unpaired) electrons. The Balaban J connectivity index is 2.75. The molecule has 4 nitrogen and oxygen atoms in total. The normalized spacial score (nSPS) is 24.7. The zero-order valence-electron chi connectivity index (χ0n) is 8.32. The summed E-state index contributed by atoms with van der Waals surface area (Å²) in [5.41, 5.74) is 0. The Hall–Kier alpha value is -0.340. The van der Waals surface area contributed by atoms with Crippen molar-refractivity contribution >= 4 is 13.3 Å². The molecule has 1 fully saturated rings. The molecule has 0 aromatic heterocycles. The van der Waals surface area contributed by atoms with Crippen LogP contribution in [-0.2, 0) is 14.1 Å². The van der Waals surface area contributed by atoms with Crippen molar-refractivity contribution in [1.82, 2.24) is 4.67 Å². The second-order valence-electron chi connectivity index (χ2n) is 3.64. The molecule has 1 atom stereocenters. The van der Waals surface area contributed by atoms with Crippen molar-refractivity contribution in [3.63, 3.8) is 0 Å². The molecule has 1 unspecified atom stereocenters. The van der Waals surface area contributed by atoms with Crippen LogP contribution in [-0.4, -0.2) is 43.7 Å². The molecule has 5 heteroatoms. The lowest BCUT2D eigenvalue weighted by Gasteiger charge is -2.25. The highest BCUT2D eigenvalue weighted by Crippen LogP contribution is 2.46. The third-order valence-corrected chi connectivity index (χ3v) is 4.03. The van der Waals surface area contributed by atoms with E-state index in [1.165, 1.54) is 7.11 Å². The Morgan fingerprint density at radius 1 is 1.54 bits per heavy atom. The SMILES string of the molecule is COC(=O)C1CCCN1P(C)(C)=O. The van der Waals surface area contributed by atoms with Crippen LogP contribution in [0.1, 0.15) is 12.8 Å². The van der Waals surface area contributed by atoms with E-state index in [0.29, 0.717) is 0 Å². The van der Waals surface area contributed by atoms with Crippen molar-refractivity contribution in [3.05, 3.63) is 0 Å². The lowest BCUT2D eigenvalue weighted by Crippen LogP contribution is -2.34. The fourth-order valence-electron chi connectivity index (χ4n) is 1.70. The Kier molecular flexibility index (Phi) is 3.14. The van der Waals surface area contributed by atoms with Gasteiger partial charge in [-0.1, -0.05) is 0 Å². The first-order valence-electron chi connectivity index (χ1n) is 4.36. The summed E-state index contributed by atoms with van der Waals surface area (Å²) in [5, 5.41) is 0. The van der Waals surface area contributed by atoms with Crippen LogP contribution in [0, 0.1) is 0 Å². The van der Waals surface area contributed by atoms with E-state index in [2.05, 4.69) is 4.74 Å². The van der Waals surface area contributed by atoms with Crippen LogP contribution in [0.2, 0.25) is 0 Å². The van der Waals surface area contributed by atoms with Gasteiger partial charge in [0.2, 0.25) is 0 Å². The lowest BCUT2D eigenvalue weighted by molar-refractivity contribution is -0.144. The molecule has 1 heterocycles. The largest absolute Gasteiger partial charge is 0.468 e. The summed E-state index contributed by atoms with van der Waals surface area (Å²) < 4.78 is 18.2. The number of hydrogen-bond donors (Lipinski definition) is 0. The molecule has 0 bridgehead atoms. The highest BCUT2D eigenvalue weighted by atomic mass is 31.2. The molecule has 76 valence electrons. The summed E-state index contributed by atoms with van der Waals surface area (Å²) in [4.78, 5) is 11.3. The van der Waals surface area contributed by atoms with Crippen LogP contribution in [0.4, 0.5) is 0 Å². The average molecular weight is 205 g/mol. The van der Waals surface area contributed by atoms with E-state index < -0.39 is 7.29 Å². The topological polar surface area (TPSA) is 46.6 Å². The van der Waals surface area contributed by atoms with Gasteiger partial charge in [0, 0.05) is 19.9 Å². The summed E-state index contributed by atoms with van der Waals surface area (Å²) in [6.07, 6.45) is 1.68. The predicted octanol–water partition coefficient (Wildman–Crippen LogP) is 1.16. The van der Waals surface area contributed by atoms with Crippen molar-refractivity contribution in [2.45, 2.75) is 18.9 Å². The Bertz CT molecular complexity index is 248. The number of hydrogen-bond acceptors (Lipinski definition) is 3. The zero-order chi connectivity index (χ0) is 10.1. The summed E-state index contributed by atoms with van der Waals surface area (Å²) in [6, 6.07) is -0.286. The summed E-state index contributed by atoms with van der Waals surface area (Å²) >= 11 is 0. The fraction of sp³-hybridized carbons (Fsp3) is 0.875. The molecule has 0 N–H and O–H groups in total. The van der Waals surface area contributed by atoms with Crippen LogP contribution < -0.4 is 0 Å². The number of carbonyl (C=O) groups excluding carboxylic acids is 1. The van der Waals surface area contributed by atoms with E-state index in [-0.39, 0.29) is 12.0 Å². The van der Waals surface area contributed by atoms with Gasteiger partial charge in [0.25, 0.3) is 0 Å². The Labute approximate surface area is 78.7 Å². The number of ether oxygens (including phenoxy) is 1. The minimum absolute atomic E-state index is 0.263. The maximum atomic E-state index is 11.8. The Morgan fingerprint density at radius 3 is 2.62 bits per heavy atom. The highest BCUT2D eigenvalue weighted by Gasteiger charge is 2.37.